The average molecular weight is 302 g/mol. The zero-order chi connectivity index (χ0) is 14.7. The van der Waals surface area contributed by atoms with Gasteiger partial charge in [-0.15, -0.1) is 11.6 Å². The largest absolute Gasteiger partial charge is 0.384 e. The third-order valence-electron chi connectivity index (χ3n) is 4.52. The summed E-state index contributed by atoms with van der Waals surface area (Å²) in [6.07, 6.45) is 5.45. The third kappa shape index (κ3) is 2.70. The van der Waals surface area contributed by atoms with Crippen molar-refractivity contribution in [3.8, 4) is 0 Å². The highest BCUT2D eigenvalue weighted by Crippen LogP contribution is 2.45. The lowest BCUT2D eigenvalue weighted by Gasteiger charge is -2.39. The monoisotopic (exact) mass is 301 g/mol. The van der Waals surface area contributed by atoms with Crippen molar-refractivity contribution in [1.29, 1.82) is 0 Å². The molecule has 0 saturated heterocycles. The molecular weight excluding hydrogens is 282 g/mol. The lowest BCUT2D eigenvalue weighted by molar-refractivity contribution is -0.00319. The summed E-state index contributed by atoms with van der Waals surface area (Å²) in [5, 5.41) is 11.4. The molecule has 1 aromatic heterocycles. The first-order valence-electron chi connectivity index (χ1n) is 7.53. The van der Waals surface area contributed by atoms with Gasteiger partial charge >= 0.3 is 0 Å². The zero-order valence-corrected chi connectivity index (χ0v) is 12.8. The molecule has 2 aromatic rings. The molecule has 0 spiro atoms. The van der Waals surface area contributed by atoms with Crippen LogP contribution in [-0.2, 0) is 12.0 Å². The number of aryl methyl sites for hydroxylation is 1. The molecule has 0 radical (unpaired) electrons. The molecule has 0 bridgehead atoms. The minimum atomic E-state index is -0.938. The van der Waals surface area contributed by atoms with E-state index in [1.54, 1.807) is 0 Å². The van der Waals surface area contributed by atoms with E-state index in [4.69, 9.17) is 11.6 Å². The van der Waals surface area contributed by atoms with Crippen LogP contribution in [0.25, 0.3) is 0 Å². The Labute approximate surface area is 130 Å². The Hall–Kier alpha value is -1.38. The van der Waals surface area contributed by atoms with Crippen molar-refractivity contribution in [2.45, 2.75) is 37.2 Å². The van der Waals surface area contributed by atoms with E-state index in [1.165, 1.54) is 5.56 Å². The number of rotatable bonds is 4. The maximum Gasteiger partial charge on any atom is 0.0991 e. The molecule has 21 heavy (non-hydrogen) atoms. The minimum absolute atomic E-state index is 0.0172. The number of fused-ring (bicyclic) bond motifs is 1. The molecule has 1 aliphatic rings. The summed E-state index contributed by atoms with van der Waals surface area (Å²) in [4.78, 5) is 4.57. The predicted octanol–water partition coefficient (Wildman–Crippen LogP) is 4.02. The van der Waals surface area contributed by atoms with Crippen molar-refractivity contribution < 1.29 is 5.11 Å². The molecule has 0 aliphatic heterocycles. The van der Waals surface area contributed by atoms with Crippen LogP contribution in [0.2, 0.25) is 0 Å². The Morgan fingerprint density at radius 1 is 1.19 bits per heavy atom. The molecule has 0 amide bonds. The molecule has 0 fully saturated rings. The van der Waals surface area contributed by atoms with E-state index < -0.39 is 5.60 Å². The van der Waals surface area contributed by atoms with Crippen molar-refractivity contribution in [1.82, 2.24) is 4.98 Å². The van der Waals surface area contributed by atoms with E-state index >= 15 is 0 Å². The van der Waals surface area contributed by atoms with Gasteiger partial charge in [-0.1, -0.05) is 36.4 Å². The normalized spacial score (nSPS) is 20.6. The summed E-state index contributed by atoms with van der Waals surface area (Å²) in [6, 6.07) is 14.0. The predicted molar refractivity (Wildman–Crippen MR) is 85.6 cm³/mol. The fourth-order valence-corrected chi connectivity index (χ4v) is 3.75. The first kappa shape index (κ1) is 14.6. The molecule has 1 N–H and O–H groups in total. The van der Waals surface area contributed by atoms with Gasteiger partial charge < -0.3 is 5.11 Å². The Kier molecular flexibility index (Phi) is 4.27. The Morgan fingerprint density at radius 3 is 2.76 bits per heavy atom. The van der Waals surface area contributed by atoms with E-state index in [0.29, 0.717) is 12.3 Å². The van der Waals surface area contributed by atoms with Crippen LogP contribution in [0.1, 0.15) is 42.0 Å². The van der Waals surface area contributed by atoms with Crippen LogP contribution in [0.4, 0.5) is 0 Å². The van der Waals surface area contributed by atoms with Gasteiger partial charge in [-0.2, -0.15) is 0 Å². The van der Waals surface area contributed by atoms with Gasteiger partial charge in [0, 0.05) is 23.7 Å². The summed E-state index contributed by atoms with van der Waals surface area (Å²) in [7, 11) is 0. The van der Waals surface area contributed by atoms with Gasteiger partial charge in [0.1, 0.15) is 0 Å². The second-order valence-corrected chi connectivity index (χ2v) is 6.10. The highest BCUT2D eigenvalue weighted by Gasteiger charge is 2.41. The van der Waals surface area contributed by atoms with Crippen LogP contribution in [0, 0.1) is 0 Å². The molecule has 2 unspecified atom stereocenters. The summed E-state index contributed by atoms with van der Waals surface area (Å²) in [5.74, 6) is 0.452. The van der Waals surface area contributed by atoms with Gasteiger partial charge in [-0.3, -0.25) is 4.98 Å². The van der Waals surface area contributed by atoms with Crippen LogP contribution in [0.5, 0.6) is 0 Å². The molecule has 1 aromatic carbocycles. The number of benzene rings is 1. The number of hydrogen-bond donors (Lipinski definition) is 1. The Balaban J connectivity index is 2.07. The van der Waals surface area contributed by atoms with Gasteiger partial charge in [0.2, 0.25) is 0 Å². The number of aromatic nitrogens is 1. The van der Waals surface area contributed by atoms with Crippen LogP contribution in [-0.4, -0.2) is 16.0 Å². The third-order valence-corrected chi connectivity index (χ3v) is 4.71. The van der Waals surface area contributed by atoms with E-state index in [9.17, 15) is 5.11 Å². The first-order valence-corrected chi connectivity index (χ1v) is 8.07. The molecule has 3 rings (SSSR count). The van der Waals surface area contributed by atoms with Crippen LogP contribution >= 0.6 is 11.6 Å². The number of alkyl halides is 1. The SMILES string of the molecule is OC(CCCl)(c1ccccc1)C1CCCc2cccnc21. The van der Waals surface area contributed by atoms with E-state index in [1.807, 2.05) is 42.6 Å². The molecule has 2 nitrogen and oxygen atoms in total. The van der Waals surface area contributed by atoms with Crippen LogP contribution in [0.3, 0.4) is 0 Å². The molecule has 0 saturated carbocycles. The molecular formula is C18H20ClNO. The average Bonchev–Trinajstić information content (AvgIpc) is 2.55. The van der Waals surface area contributed by atoms with E-state index in [2.05, 4.69) is 11.1 Å². The quantitative estimate of drug-likeness (QED) is 0.865. The topological polar surface area (TPSA) is 33.1 Å². The van der Waals surface area contributed by atoms with Crippen molar-refractivity contribution in [2.24, 2.45) is 0 Å². The fourth-order valence-electron chi connectivity index (χ4n) is 3.46. The number of aliphatic hydroxyl groups is 1. The minimum Gasteiger partial charge on any atom is -0.384 e. The number of pyridine rings is 1. The maximum atomic E-state index is 11.4. The van der Waals surface area contributed by atoms with Crippen molar-refractivity contribution in [3.63, 3.8) is 0 Å². The van der Waals surface area contributed by atoms with Crippen molar-refractivity contribution >= 4 is 11.6 Å². The van der Waals surface area contributed by atoms with Crippen molar-refractivity contribution in [3.05, 3.63) is 65.5 Å². The Morgan fingerprint density at radius 2 is 2.00 bits per heavy atom. The second kappa shape index (κ2) is 6.17. The Bertz CT molecular complexity index is 601. The highest BCUT2D eigenvalue weighted by atomic mass is 35.5. The summed E-state index contributed by atoms with van der Waals surface area (Å²) in [5.41, 5.74) is 2.30. The van der Waals surface area contributed by atoms with Crippen LogP contribution < -0.4 is 0 Å². The summed E-state index contributed by atoms with van der Waals surface area (Å²) >= 11 is 6.00. The smallest absolute Gasteiger partial charge is 0.0991 e. The van der Waals surface area contributed by atoms with Gasteiger partial charge in [0.15, 0.2) is 0 Å². The first-order chi connectivity index (χ1) is 10.3. The summed E-state index contributed by atoms with van der Waals surface area (Å²) < 4.78 is 0. The van der Waals surface area contributed by atoms with Crippen molar-refractivity contribution in [2.75, 3.05) is 5.88 Å². The second-order valence-electron chi connectivity index (χ2n) is 5.72. The lowest BCUT2D eigenvalue weighted by atomic mass is 9.71. The fraction of sp³-hybridized carbons (Fsp3) is 0.389. The number of halogens is 1. The zero-order valence-electron chi connectivity index (χ0n) is 12.0. The van der Waals surface area contributed by atoms with E-state index in [0.717, 1.165) is 30.5 Å². The molecule has 3 heteroatoms. The summed E-state index contributed by atoms with van der Waals surface area (Å²) in [6.45, 7) is 0. The standard InChI is InChI=1S/C18H20ClNO/c19-12-11-18(21,15-8-2-1-3-9-15)16-10-4-6-14-7-5-13-20-17(14)16/h1-3,5,7-9,13,16,21H,4,6,10-12H2. The maximum absolute atomic E-state index is 11.4. The van der Waals surface area contributed by atoms with Crippen LogP contribution in [0.15, 0.2) is 48.7 Å². The molecule has 2 atom stereocenters. The van der Waals surface area contributed by atoms with Gasteiger partial charge in [0.25, 0.3) is 0 Å². The lowest BCUT2D eigenvalue weighted by Crippen LogP contribution is -2.36. The van der Waals surface area contributed by atoms with Gasteiger partial charge in [-0.05, 0) is 42.9 Å². The molecule has 1 heterocycles. The highest BCUT2D eigenvalue weighted by molar-refractivity contribution is 6.17. The van der Waals surface area contributed by atoms with Gasteiger partial charge in [-0.25, -0.2) is 0 Å². The number of hydrogen-bond acceptors (Lipinski definition) is 2. The van der Waals surface area contributed by atoms with Gasteiger partial charge in [0.05, 0.1) is 5.60 Å². The molecule has 1 aliphatic carbocycles. The van der Waals surface area contributed by atoms with E-state index in [-0.39, 0.29) is 5.92 Å². The molecule has 110 valence electrons. The number of nitrogens with zero attached hydrogens (tertiary/aromatic N) is 1.